The third-order valence-corrected chi connectivity index (χ3v) is 4.14. The first-order chi connectivity index (χ1) is 13.0. The molecule has 2 aromatic carbocycles. The van der Waals surface area contributed by atoms with Gasteiger partial charge in [0.15, 0.2) is 0 Å². The second kappa shape index (κ2) is 8.09. The van der Waals surface area contributed by atoms with Crippen LogP contribution in [-0.2, 0) is 4.79 Å². The zero-order valence-corrected chi connectivity index (χ0v) is 15.2. The number of amides is 1. The van der Waals surface area contributed by atoms with Crippen molar-refractivity contribution in [3.8, 4) is 17.4 Å². The molecule has 0 aliphatic heterocycles. The summed E-state index contributed by atoms with van der Waals surface area (Å²) in [5, 5.41) is 12.5. The first-order valence-electron chi connectivity index (χ1n) is 7.71. The molecule has 1 N–H and O–H groups in total. The smallest absolute Gasteiger partial charge is 0.266 e. The molecule has 0 atom stereocenters. The number of halogens is 3. The van der Waals surface area contributed by atoms with E-state index in [-0.39, 0.29) is 17.0 Å². The van der Waals surface area contributed by atoms with E-state index in [9.17, 15) is 14.4 Å². The quantitative estimate of drug-likeness (QED) is 0.435. The number of carbonyl (C=O) groups is 1. The molecule has 0 saturated carbocycles. The molecule has 4 nitrogen and oxygen atoms in total. The highest BCUT2D eigenvalue weighted by atomic mass is 35.5. The monoisotopic (exact) mass is 400 g/mol. The van der Waals surface area contributed by atoms with Crippen molar-refractivity contribution in [2.24, 2.45) is 0 Å². The number of nitrogens with one attached hydrogen (secondary N) is 1. The van der Waals surface area contributed by atoms with Crippen LogP contribution in [0.15, 0.2) is 64.6 Å². The summed E-state index contributed by atoms with van der Waals surface area (Å²) in [5.41, 5.74) is 0.369. The highest BCUT2D eigenvalue weighted by Gasteiger charge is 2.14. The van der Waals surface area contributed by atoms with Gasteiger partial charge in [-0.2, -0.15) is 5.26 Å². The molecule has 1 heterocycles. The van der Waals surface area contributed by atoms with E-state index < -0.39 is 11.7 Å². The van der Waals surface area contributed by atoms with E-state index >= 15 is 0 Å². The van der Waals surface area contributed by atoms with Crippen LogP contribution in [0.5, 0.6) is 0 Å². The zero-order valence-electron chi connectivity index (χ0n) is 13.7. The second-order valence-corrected chi connectivity index (χ2v) is 6.27. The molecule has 3 aromatic rings. The number of rotatable bonds is 4. The molecule has 27 heavy (non-hydrogen) atoms. The minimum atomic E-state index is -0.745. The van der Waals surface area contributed by atoms with Crippen LogP contribution in [0.1, 0.15) is 5.76 Å². The fourth-order valence-corrected chi connectivity index (χ4v) is 2.81. The molecule has 1 amide bonds. The number of carbonyl (C=O) groups excluding carboxylic acids is 1. The van der Waals surface area contributed by atoms with Gasteiger partial charge in [0.05, 0.1) is 10.7 Å². The van der Waals surface area contributed by atoms with Crippen molar-refractivity contribution in [3.63, 3.8) is 0 Å². The average molecular weight is 401 g/mol. The molecule has 0 spiro atoms. The van der Waals surface area contributed by atoms with E-state index in [1.807, 2.05) is 0 Å². The van der Waals surface area contributed by atoms with Crippen molar-refractivity contribution in [2.75, 3.05) is 5.32 Å². The van der Waals surface area contributed by atoms with Crippen LogP contribution in [-0.4, -0.2) is 5.91 Å². The Kier molecular flexibility index (Phi) is 5.60. The fourth-order valence-electron chi connectivity index (χ4n) is 2.31. The summed E-state index contributed by atoms with van der Waals surface area (Å²) in [6, 6.07) is 15.7. The largest absolute Gasteiger partial charge is 0.457 e. The summed E-state index contributed by atoms with van der Waals surface area (Å²) in [7, 11) is 0. The van der Waals surface area contributed by atoms with E-state index in [4.69, 9.17) is 27.6 Å². The van der Waals surface area contributed by atoms with E-state index in [1.165, 1.54) is 24.3 Å². The topological polar surface area (TPSA) is 66.0 Å². The van der Waals surface area contributed by atoms with Crippen molar-refractivity contribution < 1.29 is 13.6 Å². The van der Waals surface area contributed by atoms with Crippen molar-refractivity contribution in [2.45, 2.75) is 0 Å². The number of nitrogens with zero attached hydrogens (tertiary/aromatic N) is 1. The van der Waals surface area contributed by atoms with Gasteiger partial charge in [-0.25, -0.2) is 4.39 Å². The molecule has 1 aromatic heterocycles. The number of benzene rings is 2. The molecule has 0 fully saturated rings. The van der Waals surface area contributed by atoms with E-state index in [0.29, 0.717) is 21.4 Å². The van der Waals surface area contributed by atoms with Crippen molar-refractivity contribution in [3.05, 3.63) is 81.8 Å². The number of hydrogen-bond acceptors (Lipinski definition) is 3. The number of hydrogen-bond donors (Lipinski definition) is 1. The van der Waals surface area contributed by atoms with Crippen molar-refractivity contribution in [1.29, 1.82) is 5.26 Å². The van der Waals surface area contributed by atoms with E-state index in [0.717, 1.165) is 0 Å². The lowest BCUT2D eigenvalue weighted by atomic mass is 10.2. The maximum absolute atomic E-state index is 13.6. The number of nitriles is 1. The molecular weight excluding hydrogens is 390 g/mol. The Labute approximate surface area is 164 Å². The summed E-state index contributed by atoms with van der Waals surface area (Å²) in [5.74, 6) is -0.614. The lowest BCUT2D eigenvalue weighted by Gasteiger charge is -2.04. The Morgan fingerprint density at radius 3 is 2.63 bits per heavy atom. The van der Waals surface area contributed by atoms with Gasteiger partial charge in [-0.3, -0.25) is 4.79 Å². The number of para-hydroxylation sites is 1. The zero-order chi connectivity index (χ0) is 19.4. The molecule has 0 bridgehead atoms. The Bertz CT molecular complexity index is 1080. The lowest BCUT2D eigenvalue weighted by Crippen LogP contribution is -2.14. The predicted octanol–water partition coefficient (Wildman–Crippen LogP) is 5.94. The maximum Gasteiger partial charge on any atom is 0.266 e. The lowest BCUT2D eigenvalue weighted by molar-refractivity contribution is -0.112. The summed E-state index contributed by atoms with van der Waals surface area (Å²) in [6.07, 6.45) is 1.27. The molecule has 0 unspecified atom stereocenters. The third kappa shape index (κ3) is 4.37. The number of anilines is 1. The van der Waals surface area contributed by atoms with Gasteiger partial charge in [0.1, 0.15) is 29.0 Å². The van der Waals surface area contributed by atoms with Crippen LogP contribution in [0.25, 0.3) is 17.4 Å². The standard InChI is InChI=1S/C20H11Cl2FN2O2/c21-13-5-7-15(16(22)10-13)19-8-6-14(27-19)9-12(11-24)20(26)25-18-4-2-1-3-17(18)23/h1-10H,(H,25,26). The van der Waals surface area contributed by atoms with Gasteiger partial charge >= 0.3 is 0 Å². The first kappa shape index (κ1) is 18.7. The summed E-state index contributed by atoms with van der Waals surface area (Å²) in [4.78, 5) is 12.2. The molecule has 0 aliphatic rings. The van der Waals surface area contributed by atoms with Crippen LogP contribution in [0, 0.1) is 17.1 Å². The summed E-state index contributed by atoms with van der Waals surface area (Å²) < 4.78 is 19.3. The van der Waals surface area contributed by atoms with Gasteiger partial charge in [0.25, 0.3) is 5.91 Å². The molecule has 3 rings (SSSR count). The normalized spacial score (nSPS) is 11.1. The van der Waals surface area contributed by atoms with Crippen molar-refractivity contribution in [1.82, 2.24) is 0 Å². The second-order valence-electron chi connectivity index (χ2n) is 5.43. The highest BCUT2D eigenvalue weighted by Crippen LogP contribution is 2.32. The van der Waals surface area contributed by atoms with Gasteiger partial charge in [0, 0.05) is 16.7 Å². The van der Waals surface area contributed by atoms with Crippen LogP contribution in [0.4, 0.5) is 10.1 Å². The molecule has 134 valence electrons. The Balaban J connectivity index is 1.84. The van der Waals surface area contributed by atoms with Crippen LogP contribution in [0.2, 0.25) is 10.0 Å². The highest BCUT2D eigenvalue weighted by molar-refractivity contribution is 6.36. The summed E-state index contributed by atoms with van der Waals surface area (Å²) >= 11 is 12.0. The fraction of sp³-hybridized carbons (Fsp3) is 0. The molecule has 0 aliphatic carbocycles. The van der Waals surface area contributed by atoms with Crippen LogP contribution < -0.4 is 5.32 Å². The average Bonchev–Trinajstić information content (AvgIpc) is 3.09. The molecule has 7 heteroatoms. The Hall–Kier alpha value is -3.07. The van der Waals surface area contributed by atoms with Crippen molar-refractivity contribution >= 4 is 40.9 Å². The minimum absolute atomic E-state index is 0.0169. The minimum Gasteiger partial charge on any atom is -0.457 e. The SMILES string of the molecule is N#CC(=Cc1ccc(-c2ccc(Cl)cc2Cl)o1)C(=O)Nc1ccccc1F. The number of furan rings is 1. The van der Waals surface area contributed by atoms with Crippen LogP contribution in [0.3, 0.4) is 0 Å². The molecular formula is C20H11Cl2FN2O2. The van der Waals surface area contributed by atoms with Gasteiger partial charge in [-0.15, -0.1) is 0 Å². The third-order valence-electron chi connectivity index (χ3n) is 3.60. The van der Waals surface area contributed by atoms with E-state index in [2.05, 4.69) is 5.32 Å². The molecule has 0 saturated heterocycles. The maximum atomic E-state index is 13.6. The molecule has 0 radical (unpaired) electrons. The van der Waals surface area contributed by atoms with Gasteiger partial charge < -0.3 is 9.73 Å². The van der Waals surface area contributed by atoms with Gasteiger partial charge in [-0.1, -0.05) is 35.3 Å². The van der Waals surface area contributed by atoms with Gasteiger partial charge in [-0.05, 0) is 42.5 Å². The first-order valence-corrected chi connectivity index (χ1v) is 8.46. The van der Waals surface area contributed by atoms with Gasteiger partial charge in [0.2, 0.25) is 0 Å². The Morgan fingerprint density at radius 1 is 1.15 bits per heavy atom. The Morgan fingerprint density at radius 2 is 1.93 bits per heavy atom. The summed E-state index contributed by atoms with van der Waals surface area (Å²) in [6.45, 7) is 0. The van der Waals surface area contributed by atoms with Crippen LogP contribution >= 0.6 is 23.2 Å². The van der Waals surface area contributed by atoms with E-state index in [1.54, 1.807) is 42.5 Å². The predicted molar refractivity (Wildman–Crippen MR) is 103 cm³/mol.